The summed E-state index contributed by atoms with van der Waals surface area (Å²) in [6.07, 6.45) is 3.25. The van der Waals surface area contributed by atoms with Crippen LogP contribution in [0.15, 0.2) is 67.0 Å². The average molecular weight is 406 g/mol. The second-order valence-electron chi connectivity index (χ2n) is 6.73. The molecule has 0 aliphatic heterocycles. The normalized spacial score (nSPS) is 10.9. The maximum Gasteiger partial charge on any atom is 0.254 e. The minimum absolute atomic E-state index is 0.184. The maximum atomic E-state index is 12.6. The molecule has 7 heteroatoms. The number of para-hydroxylation sites is 1. The molecular weight excluding hydrogens is 386 g/mol. The highest BCUT2D eigenvalue weighted by Gasteiger charge is 2.15. The summed E-state index contributed by atoms with van der Waals surface area (Å²) < 4.78 is 3.55. The molecule has 1 amide bonds. The second-order valence-corrected chi connectivity index (χ2v) is 7.17. The molecule has 2 aromatic heterocycles. The molecule has 0 atom stereocenters. The molecule has 0 aliphatic rings. The van der Waals surface area contributed by atoms with Gasteiger partial charge in [-0.25, -0.2) is 9.36 Å². The van der Waals surface area contributed by atoms with Crippen molar-refractivity contribution >= 4 is 17.5 Å². The molecule has 6 nitrogen and oxygen atoms in total. The van der Waals surface area contributed by atoms with E-state index in [9.17, 15) is 4.79 Å². The Hall–Kier alpha value is -3.38. The molecule has 2 heterocycles. The second kappa shape index (κ2) is 7.93. The standard InChI is InChI=1S/C22H20ClN5O/c1-15-21(16(2)28(26-15)20-6-4-3-5-7-20)13-24-22(29)17-12-25-27(14-17)19-10-8-18(23)9-11-19/h3-12,14H,13H2,1-2H3,(H,24,29). The topological polar surface area (TPSA) is 64.7 Å². The lowest BCUT2D eigenvalue weighted by Gasteiger charge is -2.06. The Morgan fingerprint density at radius 1 is 1.03 bits per heavy atom. The van der Waals surface area contributed by atoms with E-state index >= 15 is 0 Å². The molecule has 0 aliphatic carbocycles. The summed E-state index contributed by atoms with van der Waals surface area (Å²) in [4.78, 5) is 12.6. The largest absolute Gasteiger partial charge is 0.348 e. The smallest absolute Gasteiger partial charge is 0.254 e. The lowest BCUT2D eigenvalue weighted by molar-refractivity contribution is 0.0951. The van der Waals surface area contributed by atoms with Gasteiger partial charge in [-0.1, -0.05) is 29.8 Å². The van der Waals surface area contributed by atoms with Crippen molar-refractivity contribution in [3.8, 4) is 11.4 Å². The van der Waals surface area contributed by atoms with Gasteiger partial charge in [0.1, 0.15) is 0 Å². The third kappa shape index (κ3) is 3.93. The van der Waals surface area contributed by atoms with Crippen LogP contribution in [0, 0.1) is 13.8 Å². The quantitative estimate of drug-likeness (QED) is 0.539. The summed E-state index contributed by atoms with van der Waals surface area (Å²) in [5.74, 6) is -0.184. The highest BCUT2D eigenvalue weighted by Crippen LogP contribution is 2.18. The van der Waals surface area contributed by atoms with Gasteiger partial charge in [0.05, 0.1) is 28.8 Å². The van der Waals surface area contributed by atoms with Crippen LogP contribution in [0.25, 0.3) is 11.4 Å². The summed E-state index contributed by atoms with van der Waals surface area (Å²) in [6.45, 7) is 4.36. The van der Waals surface area contributed by atoms with Crippen LogP contribution >= 0.6 is 11.6 Å². The van der Waals surface area contributed by atoms with Gasteiger partial charge in [-0.15, -0.1) is 0 Å². The number of nitrogens with zero attached hydrogens (tertiary/aromatic N) is 4. The van der Waals surface area contributed by atoms with Crippen molar-refractivity contribution in [3.63, 3.8) is 0 Å². The van der Waals surface area contributed by atoms with Gasteiger partial charge in [-0.2, -0.15) is 10.2 Å². The Balaban J connectivity index is 1.48. The van der Waals surface area contributed by atoms with Gasteiger partial charge in [0, 0.05) is 29.0 Å². The number of halogens is 1. The van der Waals surface area contributed by atoms with E-state index < -0.39 is 0 Å². The number of aromatic nitrogens is 4. The Kier molecular flexibility index (Phi) is 5.18. The molecule has 4 rings (SSSR count). The Morgan fingerprint density at radius 2 is 1.76 bits per heavy atom. The van der Waals surface area contributed by atoms with Crippen molar-refractivity contribution in [1.82, 2.24) is 24.9 Å². The van der Waals surface area contributed by atoms with E-state index in [2.05, 4.69) is 15.5 Å². The highest BCUT2D eigenvalue weighted by atomic mass is 35.5. The highest BCUT2D eigenvalue weighted by molar-refractivity contribution is 6.30. The number of amides is 1. The number of aryl methyl sites for hydroxylation is 1. The molecule has 2 aromatic carbocycles. The number of nitrogens with one attached hydrogen (secondary N) is 1. The van der Waals surface area contributed by atoms with E-state index in [0.717, 1.165) is 28.3 Å². The zero-order valence-corrected chi connectivity index (χ0v) is 16.9. The number of carbonyl (C=O) groups excluding carboxylic acids is 1. The summed E-state index contributed by atoms with van der Waals surface area (Å²) in [7, 11) is 0. The molecule has 146 valence electrons. The van der Waals surface area contributed by atoms with Crippen molar-refractivity contribution in [3.05, 3.63) is 94.5 Å². The van der Waals surface area contributed by atoms with E-state index in [0.29, 0.717) is 17.1 Å². The van der Waals surface area contributed by atoms with Crippen LogP contribution in [0.3, 0.4) is 0 Å². The van der Waals surface area contributed by atoms with Crippen LogP contribution in [0.2, 0.25) is 5.02 Å². The van der Waals surface area contributed by atoms with Crippen LogP contribution in [0.4, 0.5) is 0 Å². The summed E-state index contributed by atoms with van der Waals surface area (Å²) >= 11 is 5.92. The molecule has 4 aromatic rings. The summed E-state index contributed by atoms with van der Waals surface area (Å²) in [5, 5.41) is 12.5. The van der Waals surface area contributed by atoms with Gasteiger partial charge in [0.2, 0.25) is 0 Å². The number of hydrogen-bond acceptors (Lipinski definition) is 3. The fourth-order valence-corrected chi connectivity index (χ4v) is 3.32. The fourth-order valence-electron chi connectivity index (χ4n) is 3.20. The first-order valence-corrected chi connectivity index (χ1v) is 9.60. The Labute approximate surface area is 173 Å². The Morgan fingerprint density at radius 3 is 2.48 bits per heavy atom. The van der Waals surface area contributed by atoms with Gasteiger partial charge in [0.25, 0.3) is 5.91 Å². The molecule has 0 saturated heterocycles. The predicted molar refractivity (Wildman–Crippen MR) is 113 cm³/mol. The minimum atomic E-state index is -0.184. The third-order valence-electron chi connectivity index (χ3n) is 4.80. The van der Waals surface area contributed by atoms with Crippen molar-refractivity contribution < 1.29 is 4.79 Å². The van der Waals surface area contributed by atoms with Crippen molar-refractivity contribution in [2.45, 2.75) is 20.4 Å². The molecule has 29 heavy (non-hydrogen) atoms. The number of rotatable bonds is 5. The van der Waals surface area contributed by atoms with E-state index in [-0.39, 0.29) is 5.91 Å². The predicted octanol–water partition coefficient (Wildman–Crippen LogP) is 4.26. The van der Waals surface area contributed by atoms with Gasteiger partial charge in [-0.05, 0) is 50.2 Å². The van der Waals surface area contributed by atoms with Gasteiger partial charge < -0.3 is 5.32 Å². The molecule has 0 fully saturated rings. The summed E-state index contributed by atoms with van der Waals surface area (Å²) in [5.41, 5.74) is 5.23. The van der Waals surface area contributed by atoms with Gasteiger partial charge >= 0.3 is 0 Å². The van der Waals surface area contributed by atoms with E-state index in [4.69, 9.17) is 11.6 Å². The SMILES string of the molecule is Cc1nn(-c2ccccc2)c(C)c1CNC(=O)c1cnn(-c2ccc(Cl)cc2)c1. The van der Waals surface area contributed by atoms with Crippen LogP contribution < -0.4 is 5.32 Å². The zero-order chi connectivity index (χ0) is 20.4. The lowest BCUT2D eigenvalue weighted by atomic mass is 10.2. The van der Waals surface area contributed by atoms with Gasteiger partial charge in [-0.3, -0.25) is 4.79 Å². The molecule has 0 bridgehead atoms. The first kappa shape index (κ1) is 19.0. The van der Waals surface area contributed by atoms with Crippen molar-refractivity contribution in [1.29, 1.82) is 0 Å². The van der Waals surface area contributed by atoms with Crippen LogP contribution in [-0.2, 0) is 6.54 Å². The van der Waals surface area contributed by atoms with Gasteiger partial charge in [0.15, 0.2) is 0 Å². The number of benzene rings is 2. The maximum absolute atomic E-state index is 12.6. The van der Waals surface area contributed by atoms with E-state index in [1.54, 1.807) is 29.2 Å². The average Bonchev–Trinajstić information content (AvgIpc) is 3.33. The monoisotopic (exact) mass is 405 g/mol. The molecule has 0 radical (unpaired) electrons. The van der Waals surface area contributed by atoms with Crippen LogP contribution in [-0.4, -0.2) is 25.5 Å². The molecule has 1 N–H and O–H groups in total. The first-order chi connectivity index (χ1) is 14.0. The van der Waals surface area contributed by atoms with Crippen LogP contribution in [0.5, 0.6) is 0 Å². The van der Waals surface area contributed by atoms with Crippen LogP contribution in [0.1, 0.15) is 27.3 Å². The van der Waals surface area contributed by atoms with Crippen molar-refractivity contribution in [2.24, 2.45) is 0 Å². The lowest BCUT2D eigenvalue weighted by Crippen LogP contribution is -2.23. The third-order valence-corrected chi connectivity index (χ3v) is 5.06. The summed E-state index contributed by atoms with van der Waals surface area (Å²) in [6, 6.07) is 17.2. The zero-order valence-electron chi connectivity index (χ0n) is 16.1. The number of hydrogen-bond donors (Lipinski definition) is 1. The van der Waals surface area contributed by atoms with Crippen molar-refractivity contribution in [2.75, 3.05) is 0 Å². The molecular formula is C22H20ClN5O. The minimum Gasteiger partial charge on any atom is -0.348 e. The van der Waals surface area contributed by atoms with E-state index in [1.165, 1.54) is 0 Å². The molecule has 0 saturated carbocycles. The molecule has 0 spiro atoms. The first-order valence-electron chi connectivity index (χ1n) is 9.22. The molecule has 0 unspecified atom stereocenters. The Bertz CT molecular complexity index is 1150. The fraction of sp³-hybridized carbons (Fsp3) is 0.136. The van der Waals surface area contributed by atoms with E-state index in [1.807, 2.05) is 61.0 Å². The number of carbonyl (C=O) groups is 1.